The van der Waals surface area contributed by atoms with E-state index in [4.69, 9.17) is 19.9 Å². The average molecular weight is 334 g/mol. The first-order valence-corrected chi connectivity index (χ1v) is 8.58. The number of rotatable bonds is 7. The Morgan fingerprint density at radius 3 is 2.92 bits per heavy atom. The zero-order valence-electron chi connectivity index (χ0n) is 14.2. The normalized spacial score (nSPS) is 21.9. The van der Waals surface area contributed by atoms with Crippen molar-refractivity contribution in [2.24, 2.45) is 11.7 Å². The molecule has 6 heteroatoms. The van der Waals surface area contributed by atoms with Gasteiger partial charge in [-0.15, -0.1) is 0 Å². The second-order valence-electron chi connectivity index (χ2n) is 6.55. The largest absolute Gasteiger partial charge is 0.454 e. The number of nitrogens with two attached hydrogens (primary N) is 1. The Balaban J connectivity index is 1.65. The molecule has 2 aliphatic rings. The van der Waals surface area contributed by atoms with Crippen molar-refractivity contribution in [2.45, 2.75) is 38.3 Å². The monoisotopic (exact) mass is 334 g/mol. The van der Waals surface area contributed by atoms with Crippen molar-refractivity contribution in [3.05, 3.63) is 23.8 Å². The highest BCUT2D eigenvalue weighted by atomic mass is 16.7. The molecule has 0 spiro atoms. The first kappa shape index (κ1) is 17.0. The van der Waals surface area contributed by atoms with Crippen LogP contribution in [0.1, 0.15) is 31.2 Å². The Kier molecular flexibility index (Phi) is 5.58. The smallest absolute Gasteiger partial charge is 0.231 e. The van der Waals surface area contributed by atoms with Crippen molar-refractivity contribution in [2.75, 3.05) is 27.1 Å². The first-order chi connectivity index (χ1) is 11.7. The summed E-state index contributed by atoms with van der Waals surface area (Å²) < 4.78 is 15.9. The molecule has 1 fully saturated rings. The lowest BCUT2D eigenvalue weighted by Gasteiger charge is -2.25. The van der Waals surface area contributed by atoms with Gasteiger partial charge in [0.05, 0.1) is 6.61 Å². The molecule has 24 heavy (non-hydrogen) atoms. The molecule has 3 rings (SSSR count). The Morgan fingerprint density at radius 2 is 2.17 bits per heavy atom. The highest BCUT2D eigenvalue weighted by molar-refractivity contribution is 5.76. The van der Waals surface area contributed by atoms with Gasteiger partial charge in [-0.05, 0) is 36.5 Å². The number of carbonyl (C=O) groups excluding carboxylic acids is 1. The zero-order chi connectivity index (χ0) is 16.9. The van der Waals surface area contributed by atoms with Gasteiger partial charge >= 0.3 is 0 Å². The third-order valence-electron chi connectivity index (χ3n) is 4.88. The van der Waals surface area contributed by atoms with Gasteiger partial charge in [0, 0.05) is 32.7 Å². The van der Waals surface area contributed by atoms with E-state index >= 15 is 0 Å². The number of carbonyl (C=O) groups is 1. The number of benzene rings is 1. The average Bonchev–Trinajstić information content (AvgIpc) is 3.20. The molecule has 1 aromatic carbocycles. The van der Waals surface area contributed by atoms with Gasteiger partial charge in [-0.1, -0.05) is 12.5 Å². The summed E-state index contributed by atoms with van der Waals surface area (Å²) in [5, 5.41) is 0. The molecule has 1 amide bonds. The molecule has 0 unspecified atom stereocenters. The Morgan fingerprint density at radius 1 is 1.33 bits per heavy atom. The van der Waals surface area contributed by atoms with Crippen LogP contribution in [-0.4, -0.2) is 43.9 Å². The Bertz CT molecular complexity index is 578. The summed E-state index contributed by atoms with van der Waals surface area (Å²) in [5.74, 6) is 1.95. The van der Waals surface area contributed by atoms with Gasteiger partial charge in [-0.2, -0.15) is 0 Å². The summed E-state index contributed by atoms with van der Waals surface area (Å²) in [6.07, 6.45) is 3.72. The number of fused-ring (bicyclic) bond motifs is 1. The Labute approximate surface area is 142 Å². The lowest BCUT2D eigenvalue weighted by molar-refractivity contribution is -0.133. The number of ether oxygens (including phenoxy) is 3. The third-order valence-corrected chi connectivity index (χ3v) is 4.88. The van der Waals surface area contributed by atoms with Gasteiger partial charge in [-0.3, -0.25) is 4.79 Å². The van der Waals surface area contributed by atoms with Crippen LogP contribution in [0.3, 0.4) is 0 Å². The van der Waals surface area contributed by atoms with Crippen LogP contribution in [0.15, 0.2) is 18.2 Å². The lowest BCUT2D eigenvalue weighted by atomic mass is 9.99. The maximum absolute atomic E-state index is 12.7. The number of nitrogens with zero attached hydrogens (tertiary/aromatic N) is 1. The van der Waals surface area contributed by atoms with E-state index in [0.717, 1.165) is 36.3 Å². The van der Waals surface area contributed by atoms with Crippen LogP contribution in [0, 0.1) is 5.92 Å². The minimum Gasteiger partial charge on any atom is -0.454 e. The van der Waals surface area contributed by atoms with Gasteiger partial charge < -0.3 is 24.8 Å². The van der Waals surface area contributed by atoms with Gasteiger partial charge in [0.1, 0.15) is 0 Å². The van der Waals surface area contributed by atoms with Gasteiger partial charge in [0.25, 0.3) is 0 Å². The van der Waals surface area contributed by atoms with Crippen molar-refractivity contribution >= 4 is 5.91 Å². The molecule has 1 aromatic rings. The van der Waals surface area contributed by atoms with Crippen molar-refractivity contribution < 1.29 is 19.0 Å². The molecule has 0 radical (unpaired) electrons. The molecule has 0 bridgehead atoms. The van der Waals surface area contributed by atoms with Crippen LogP contribution in [0.5, 0.6) is 11.5 Å². The van der Waals surface area contributed by atoms with Crippen LogP contribution in [0.25, 0.3) is 0 Å². The van der Waals surface area contributed by atoms with Crippen molar-refractivity contribution in [1.82, 2.24) is 4.90 Å². The van der Waals surface area contributed by atoms with Gasteiger partial charge in [-0.25, -0.2) is 0 Å². The van der Waals surface area contributed by atoms with E-state index in [1.165, 1.54) is 0 Å². The summed E-state index contributed by atoms with van der Waals surface area (Å²) in [7, 11) is 1.65. The van der Waals surface area contributed by atoms with Crippen LogP contribution in [0.2, 0.25) is 0 Å². The minimum atomic E-state index is 0.145. The van der Waals surface area contributed by atoms with E-state index in [-0.39, 0.29) is 18.7 Å². The summed E-state index contributed by atoms with van der Waals surface area (Å²) >= 11 is 0. The van der Waals surface area contributed by atoms with E-state index in [1.807, 2.05) is 23.1 Å². The van der Waals surface area contributed by atoms with Crippen LogP contribution in [0.4, 0.5) is 0 Å². The predicted octanol–water partition coefficient (Wildman–Crippen LogP) is 1.91. The Hall–Kier alpha value is -1.79. The maximum atomic E-state index is 12.7. The fraction of sp³-hybridized carbons (Fsp3) is 0.611. The van der Waals surface area contributed by atoms with Crippen LogP contribution >= 0.6 is 0 Å². The fourth-order valence-electron chi connectivity index (χ4n) is 3.43. The minimum absolute atomic E-state index is 0.145. The van der Waals surface area contributed by atoms with Gasteiger partial charge in [0.2, 0.25) is 12.7 Å². The second kappa shape index (κ2) is 7.85. The summed E-state index contributed by atoms with van der Waals surface area (Å²) in [5.41, 5.74) is 7.14. The maximum Gasteiger partial charge on any atom is 0.231 e. The molecule has 0 aromatic heterocycles. The number of hydrogen-bond donors (Lipinski definition) is 1. The van der Waals surface area contributed by atoms with Crippen LogP contribution in [-0.2, 0) is 16.1 Å². The molecule has 2 N–H and O–H groups in total. The molecular weight excluding hydrogens is 308 g/mol. The standard InChI is InChI=1S/C18H26N2O4/c1-22-8-7-20(18(21)10-14-3-2-4-15(14)19)11-13-5-6-16-17(9-13)24-12-23-16/h5-6,9,14-15H,2-4,7-8,10-12,19H2,1H3/t14-,15+/m0/s1. The van der Waals surface area contributed by atoms with E-state index in [0.29, 0.717) is 32.0 Å². The summed E-state index contributed by atoms with van der Waals surface area (Å²) in [6, 6.07) is 5.96. The highest BCUT2D eigenvalue weighted by Crippen LogP contribution is 2.33. The van der Waals surface area contributed by atoms with E-state index in [2.05, 4.69) is 0 Å². The summed E-state index contributed by atoms with van der Waals surface area (Å²) in [6.45, 7) is 1.89. The lowest BCUT2D eigenvalue weighted by Crippen LogP contribution is -2.36. The van der Waals surface area contributed by atoms with Crippen molar-refractivity contribution in [1.29, 1.82) is 0 Å². The van der Waals surface area contributed by atoms with E-state index in [9.17, 15) is 4.79 Å². The molecular formula is C18H26N2O4. The molecule has 1 aliphatic carbocycles. The molecule has 1 saturated carbocycles. The topological polar surface area (TPSA) is 74.0 Å². The SMILES string of the molecule is COCCN(Cc1ccc2c(c1)OCO2)C(=O)C[C@@H]1CCC[C@H]1N. The molecule has 1 aliphatic heterocycles. The first-order valence-electron chi connectivity index (χ1n) is 8.58. The van der Waals surface area contributed by atoms with Gasteiger partial charge in [0.15, 0.2) is 11.5 Å². The number of methoxy groups -OCH3 is 1. The molecule has 6 nitrogen and oxygen atoms in total. The van der Waals surface area contributed by atoms with Crippen molar-refractivity contribution in [3.8, 4) is 11.5 Å². The fourth-order valence-corrected chi connectivity index (χ4v) is 3.43. The molecule has 132 valence electrons. The molecule has 2 atom stereocenters. The van der Waals surface area contributed by atoms with Crippen LogP contribution < -0.4 is 15.2 Å². The summed E-state index contributed by atoms with van der Waals surface area (Å²) in [4.78, 5) is 14.6. The molecule has 1 heterocycles. The number of hydrogen-bond acceptors (Lipinski definition) is 5. The molecule has 0 saturated heterocycles. The van der Waals surface area contributed by atoms with E-state index < -0.39 is 0 Å². The number of amides is 1. The zero-order valence-corrected chi connectivity index (χ0v) is 14.2. The van der Waals surface area contributed by atoms with Crippen molar-refractivity contribution in [3.63, 3.8) is 0 Å². The second-order valence-corrected chi connectivity index (χ2v) is 6.55. The van der Waals surface area contributed by atoms with E-state index in [1.54, 1.807) is 7.11 Å². The highest BCUT2D eigenvalue weighted by Gasteiger charge is 2.28. The quantitative estimate of drug-likeness (QED) is 0.824. The third kappa shape index (κ3) is 3.99. The predicted molar refractivity (Wildman–Crippen MR) is 89.8 cm³/mol.